The monoisotopic (exact) mass is 485 g/mol. The van der Waals surface area contributed by atoms with Crippen LogP contribution in [0.4, 0.5) is 8.78 Å². The maximum absolute atomic E-state index is 13.9. The van der Waals surface area contributed by atoms with Crippen LogP contribution in [0.15, 0.2) is 47.5 Å². The third-order valence-corrected chi connectivity index (χ3v) is 4.92. The second kappa shape index (κ2) is 8.41. The molecular formula is C20H22F2IN3O. The maximum atomic E-state index is 13.9. The molecule has 144 valence electrons. The van der Waals surface area contributed by atoms with Crippen molar-refractivity contribution in [2.75, 3.05) is 13.6 Å². The predicted molar refractivity (Wildman–Crippen MR) is 112 cm³/mol. The summed E-state index contributed by atoms with van der Waals surface area (Å²) in [6, 6.07) is 12.0. The number of para-hydroxylation sites is 1. The SMILES string of the molecule is CN=C(NCC1Cc2ccccc2O1)NC1CC1c1c(F)cccc1F.I. The van der Waals surface area contributed by atoms with Crippen LogP contribution in [-0.4, -0.2) is 31.7 Å². The van der Waals surface area contributed by atoms with E-state index in [0.717, 1.165) is 12.2 Å². The average molecular weight is 485 g/mol. The molecule has 1 saturated carbocycles. The lowest BCUT2D eigenvalue weighted by atomic mass is 10.1. The Morgan fingerprint density at radius 1 is 1.15 bits per heavy atom. The van der Waals surface area contributed by atoms with Crippen LogP contribution >= 0.6 is 24.0 Å². The molecule has 4 nitrogen and oxygen atoms in total. The van der Waals surface area contributed by atoms with E-state index in [9.17, 15) is 8.78 Å². The van der Waals surface area contributed by atoms with E-state index in [1.807, 2.05) is 18.2 Å². The number of hydrogen-bond acceptors (Lipinski definition) is 2. The average Bonchev–Trinajstić information content (AvgIpc) is 3.24. The molecule has 1 aliphatic carbocycles. The van der Waals surface area contributed by atoms with Crippen LogP contribution < -0.4 is 15.4 Å². The molecule has 7 heteroatoms. The molecule has 0 spiro atoms. The molecule has 4 rings (SSSR count). The second-order valence-electron chi connectivity index (χ2n) is 6.73. The molecule has 3 atom stereocenters. The summed E-state index contributed by atoms with van der Waals surface area (Å²) in [6.07, 6.45) is 1.58. The topological polar surface area (TPSA) is 45.7 Å². The molecular weight excluding hydrogens is 463 g/mol. The molecule has 0 radical (unpaired) electrons. The van der Waals surface area contributed by atoms with Crippen molar-refractivity contribution < 1.29 is 13.5 Å². The first kappa shape index (κ1) is 19.9. The van der Waals surface area contributed by atoms with E-state index in [0.29, 0.717) is 18.9 Å². The highest BCUT2D eigenvalue weighted by Gasteiger charge is 2.42. The lowest BCUT2D eigenvalue weighted by Crippen LogP contribution is -2.43. The summed E-state index contributed by atoms with van der Waals surface area (Å²) in [7, 11) is 1.68. The molecule has 27 heavy (non-hydrogen) atoms. The zero-order chi connectivity index (χ0) is 18.1. The Balaban J connectivity index is 0.00000210. The fourth-order valence-electron chi connectivity index (χ4n) is 3.49. The molecule has 2 aromatic rings. The quantitative estimate of drug-likeness (QED) is 0.396. The number of nitrogens with one attached hydrogen (secondary N) is 2. The highest BCUT2D eigenvalue weighted by molar-refractivity contribution is 14.0. The van der Waals surface area contributed by atoms with Gasteiger partial charge in [-0.15, -0.1) is 24.0 Å². The van der Waals surface area contributed by atoms with Gasteiger partial charge in [-0.3, -0.25) is 4.99 Å². The van der Waals surface area contributed by atoms with Crippen LogP contribution in [0.2, 0.25) is 0 Å². The van der Waals surface area contributed by atoms with Crippen molar-refractivity contribution in [3.05, 3.63) is 65.2 Å². The third kappa shape index (κ3) is 4.34. The van der Waals surface area contributed by atoms with Gasteiger partial charge in [-0.1, -0.05) is 24.3 Å². The zero-order valence-electron chi connectivity index (χ0n) is 14.9. The van der Waals surface area contributed by atoms with Gasteiger partial charge >= 0.3 is 0 Å². The van der Waals surface area contributed by atoms with E-state index >= 15 is 0 Å². The van der Waals surface area contributed by atoms with E-state index in [4.69, 9.17) is 4.74 Å². The zero-order valence-corrected chi connectivity index (χ0v) is 17.2. The Kier molecular flexibility index (Phi) is 6.18. The normalized spacial score (nSPS) is 23.1. The first-order valence-corrected chi connectivity index (χ1v) is 8.81. The van der Waals surface area contributed by atoms with Gasteiger partial charge in [-0.2, -0.15) is 0 Å². The number of benzene rings is 2. The largest absolute Gasteiger partial charge is 0.488 e. The minimum atomic E-state index is -0.487. The van der Waals surface area contributed by atoms with Crippen LogP contribution in [0.3, 0.4) is 0 Å². The van der Waals surface area contributed by atoms with Gasteiger partial charge in [-0.25, -0.2) is 8.78 Å². The molecule has 1 aliphatic heterocycles. The molecule has 2 N–H and O–H groups in total. The fraction of sp³-hybridized carbons (Fsp3) is 0.350. The van der Waals surface area contributed by atoms with Crippen molar-refractivity contribution in [2.45, 2.75) is 30.9 Å². The Hall–Kier alpha value is -1.90. The minimum Gasteiger partial charge on any atom is -0.488 e. The standard InChI is InChI=1S/C20H21F2N3O.HI/c1-23-20(24-11-13-9-12-5-2-3-8-18(12)26-13)25-17-10-14(17)19-15(21)6-4-7-16(19)22;/h2-8,13-14,17H,9-11H2,1H3,(H2,23,24,25);1H. The lowest BCUT2D eigenvalue weighted by Gasteiger charge is -2.16. The highest BCUT2D eigenvalue weighted by Crippen LogP contribution is 2.43. The van der Waals surface area contributed by atoms with Gasteiger partial charge in [-0.05, 0) is 30.2 Å². The van der Waals surface area contributed by atoms with Crippen molar-refractivity contribution in [1.82, 2.24) is 10.6 Å². The summed E-state index contributed by atoms with van der Waals surface area (Å²) in [4.78, 5) is 4.20. The molecule has 0 aromatic heterocycles. The second-order valence-corrected chi connectivity index (χ2v) is 6.73. The van der Waals surface area contributed by atoms with Crippen LogP contribution in [-0.2, 0) is 6.42 Å². The number of halogens is 3. The number of nitrogens with zero attached hydrogens (tertiary/aromatic N) is 1. The predicted octanol–water partition coefficient (Wildman–Crippen LogP) is 3.61. The highest BCUT2D eigenvalue weighted by atomic mass is 127. The maximum Gasteiger partial charge on any atom is 0.191 e. The van der Waals surface area contributed by atoms with Crippen LogP contribution in [0.5, 0.6) is 5.75 Å². The van der Waals surface area contributed by atoms with Gasteiger partial charge in [0.25, 0.3) is 0 Å². The van der Waals surface area contributed by atoms with Gasteiger partial charge in [0.05, 0.1) is 6.54 Å². The summed E-state index contributed by atoms with van der Waals surface area (Å²) in [5.41, 5.74) is 1.37. The molecule has 1 heterocycles. The van der Waals surface area contributed by atoms with Crippen molar-refractivity contribution in [1.29, 1.82) is 0 Å². The summed E-state index contributed by atoms with van der Waals surface area (Å²) >= 11 is 0. The smallest absolute Gasteiger partial charge is 0.191 e. The van der Waals surface area contributed by atoms with Crippen molar-refractivity contribution in [2.24, 2.45) is 4.99 Å². The van der Waals surface area contributed by atoms with Crippen LogP contribution in [0.25, 0.3) is 0 Å². The number of rotatable bonds is 4. The van der Waals surface area contributed by atoms with E-state index < -0.39 is 11.6 Å². The third-order valence-electron chi connectivity index (χ3n) is 4.92. The Morgan fingerprint density at radius 3 is 2.59 bits per heavy atom. The van der Waals surface area contributed by atoms with Gasteiger partial charge < -0.3 is 15.4 Å². The van der Waals surface area contributed by atoms with Crippen LogP contribution in [0, 0.1) is 11.6 Å². The number of fused-ring (bicyclic) bond motifs is 1. The first-order chi connectivity index (χ1) is 12.7. The molecule has 1 fully saturated rings. The number of hydrogen-bond donors (Lipinski definition) is 2. The Morgan fingerprint density at radius 2 is 1.89 bits per heavy atom. The Bertz CT molecular complexity index is 800. The van der Waals surface area contributed by atoms with Crippen molar-refractivity contribution in [3.63, 3.8) is 0 Å². The lowest BCUT2D eigenvalue weighted by molar-refractivity contribution is 0.235. The summed E-state index contributed by atoms with van der Waals surface area (Å²) in [6.45, 7) is 0.611. The molecule has 2 aromatic carbocycles. The van der Waals surface area contributed by atoms with Gasteiger partial charge in [0.15, 0.2) is 5.96 Å². The van der Waals surface area contributed by atoms with E-state index in [1.54, 1.807) is 7.05 Å². The molecule has 0 saturated heterocycles. The van der Waals surface area contributed by atoms with Crippen LogP contribution in [0.1, 0.15) is 23.5 Å². The van der Waals surface area contributed by atoms with Gasteiger partial charge in [0.2, 0.25) is 0 Å². The number of ether oxygens (including phenoxy) is 1. The summed E-state index contributed by atoms with van der Waals surface area (Å²) in [5, 5.41) is 6.48. The molecule has 0 amide bonds. The first-order valence-electron chi connectivity index (χ1n) is 8.81. The molecule has 0 bridgehead atoms. The van der Waals surface area contributed by atoms with E-state index in [2.05, 4.69) is 21.7 Å². The molecule has 2 aliphatic rings. The van der Waals surface area contributed by atoms with Crippen molar-refractivity contribution in [3.8, 4) is 5.75 Å². The van der Waals surface area contributed by atoms with Gasteiger partial charge in [0, 0.05) is 31.0 Å². The minimum absolute atomic E-state index is 0. The summed E-state index contributed by atoms with van der Waals surface area (Å²) < 4.78 is 33.7. The fourth-order valence-corrected chi connectivity index (χ4v) is 3.49. The Labute approximate surface area is 174 Å². The number of guanidine groups is 1. The van der Waals surface area contributed by atoms with E-state index in [1.165, 1.54) is 23.8 Å². The van der Waals surface area contributed by atoms with E-state index in [-0.39, 0.29) is 47.6 Å². The van der Waals surface area contributed by atoms with Crippen molar-refractivity contribution >= 4 is 29.9 Å². The van der Waals surface area contributed by atoms with Gasteiger partial charge in [0.1, 0.15) is 23.5 Å². The number of aliphatic imine (C=N–C) groups is 1. The molecule has 3 unspecified atom stereocenters. The summed E-state index contributed by atoms with van der Waals surface area (Å²) in [5.74, 6) is 0.411.